The fourth-order valence-corrected chi connectivity index (χ4v) is 2.43. The van der Waals surface area contributed by atoms with Crippen LogP contribution in [0.15, 0.2) is 6.07 Å². The number of hydrogen-bond acceptors (Lipinski definition) is 5. The smallest absolute Gasteiger partial charge is 0.396 e. The fraction of sp³-hybridized carbons (Fsp3) is 0.538. The van der Waals surface area contributed by atoms with Gasteiger partial charge in [-0.3, -0.25) is 0 Å². The molecule has 2 atom stereocenters. The van der Waals surface area contributed by atoms with Crippen LogP contribution < -0.4 is 0 Å². The molecule has 22 heavy (non-hydrogen) atoms. The molecule has 0 bridgehead atoms. The Labute approximate surface area is 124 Å². The molecule has 6 nitrogen and oxygen atoms in total. The van der Waals surface area contributed by atoms with E-state index in [1.165, 1.54) is 10.7 Å². The van der Waals surface area contributed by atoms with Gasteiger partial charge in [0.15, 0.2) is 5.82 Å². The van der Waals surface area contributed by atoms with Crippen molar-refractivity contribution in [3.8, 4) is 5.82 Å². The molecule has 0 aromatic carbocycles. The zero-order valence-corrected chi connectivity index (χ0v) is 12.0. The molecule has 3 rings (SSSR count). The van der Waals surface area contributed by atoms with E-state index >= 15 is 0 Å². The Balaban J connectivity index is 2.10. The Morgan fingerprint density at radius 3 is 2.50 bits per heavy atom. The summed E-state index contributed by atoms with van der Waals surface area (Å²) < 4.78 is 40.3. The van der Waals surface area contributed by atoms with Crippen LogP contribution in [0.5, 0.6) is 0 Å². The fourth-order valence-electron chi connectivity index (χ4n) is 2.43. The van der Waals surface area contributed by atoms with Crippen LogP contribution in [0.2, 0.25) is 0 Å². The van der Waals surface area contributed by atoms with Crippen molar-refractivity contribution in [3.05, 3.63) is 29.2 Å². The van der Waals surface area contributed by atoms with E-state index in [2.05, 4.69) is 20.1 Å². The molecule has 0 amide bonds. The lowest BCUT2D eigenvalue weighted by atomic mass is 10.2. The van der Waals surface area contributed by atoms with Crippen LogP contribution in [0.4, 0.5) is 13.2 Å². The van der Waals surface area contributed by atoms with Crippen LogP contribution in [0, 0.1) is 19.8 Å². The summed E-state index contributed by atoms with van der Waals surface area (Å²) >= 11 is 0. The lowest BCUT2D eigenvalue weighted by Gasteiger charge is -2.10. The summed E-state index contributed by atoms with van der Waals surface area (Å²) in [6.45, 7) is 3.23. The minimum atomic E-state index is -4.64. The second-order valence-corrected chi connectivity index (χ2v) is 5.38. The van der Waals surface area contributed by atoms with Gasteiger partial charge in [-0.2, -0.15) is 17.9 Å². The summed E-state index contributed by atoms with van der Waals surface area (Å²) in [6, 6.07) is 1.48. The van der Waals surface area contributed by atoms with Crippen molar-refractivity contribution < 1.29 is 18.3 Å². The zero-order chi connectivity index (χ0) is 16.1. The largest absolute Gasteiger partial charge is 0.451 e. The monoisotopic (exact) mass is 313 g/mol. The minimum absolute atomic E-state index is 0.0394. The van der Waals surface area contributed by atoms with Gasteiger partial charge in [-0.1, -0.05) is 0 Å². The number of aryl methyl sites for hydroxylation is 2. The first-order valence-corrected chi connectivity index (χ1v) is 6.77. The molecule has 1 saturated carbocycles. The number of halogens is 3. The third-order valence-corrected chi connectivity index (χ3v) is 3.61. The highest BCUT2D eigenvalue weighted by Gasteiger charge is 2.42. The van der Waals surface area contributed by atoms with Crippen LogP contribution in [-0.4, -0.2) is 36.4 Å². The highest BCUT2D eigenvalue weighted by molar-refractivity contribution is 5.30. The zero-order valence-electron chi connectivity index (χ0n) is 12.0. The van der Waals surface area contributed by atoms with Crippen LogP contribution in [0.1, 0.15) is 35.5 Å². The molecule has 1 aliphatic carbocycles. The molecule has 0 radical (unpaired) electrons. The number of alkyl halides is 3. The van der Waals surface area contributed by atoms with Crippen LogP contribution in [0.25, 0.3) is 5.82 Å². The maximum atomic E-state index is 13.0. The molecule has 1 aliphatic rings. The molecule has 9 heteroatoms. The molecule has 1 unspecified atom stereocenters. The number of aromatic nitrogens is 5. The molecular weight excluding hydrogens is 299 g/mol. The standard InChI is InChI=1S/C13H14F3N5O/c1-6-17-7(2)21(20-6)11-4-10(9-3-8(9)5-22)18-12(19-11)13(14,15)16/h4,8-9,22H,3,5H2,1-2H3/t8-,9?/m1/s1. The predicted molar refractivity (Wildman–Crippen MR) is 69.4 cm³/mol. The normalized spacial score (nSPS) is 21.2. The number of aliphatic hydroxyl groups excluding tert-OH is 1. The molecule has 0 aliphatic heterocycles. The average Bonchev–Trinajstić information content (AvgIpc) is 3.15. The van der Waals surface area contributed by atoms with E-state index in [1.807, 2.05) is 0 Å². The third kappa shape index (κ3) is 2.68. The number of rotatable bonds is 3. The maximum Gasteiger partial charge on any atom is 0.451 e. The Morgan fingerprint density at radius 2 is 2.00 bits per heavy atom. The second kappa shape index (κ2) is 5.01. The molecule has 0 spiro atoms. The van der Waals surface area contributed by atoms with E-state index in [0.29, 0.717) is 18.1 Å². The van der Waals surface area contributed by atoms with E-state index < -0.39 is 12.0 Å². The molecule has 0 saturated heterocycles. The molecular formula is C13H14F3N5O. The maximum absolute atomic E-state index is 13.0. The SMILES string of the molecule is Cc1nc(C)n(-c2cc(C3C[C@@H]3CO)nc(C(F)(F)F)n2)n1. The average molecular weight is 313 g/mol. The molecule has 2 aromatic rings. The lowest BCUT2D eigenvalue weighted by molar-refractivity contribution is -0.145. The van der Waals surface area contributed by atoms with Crippen molar-refractivity contribution in [2.75, 3.05) is 6.61 Å². The first-order valence-electron chi connectivity index (χ1n) is 6.77. The van der Waals surface area contributed by atoms with Gasteiger partial charge >= 0.3 is 6.18 Å². The van der Waals surface area contributed by atoms with E-state index in [1.54, 1.807) is 13.8 Å². The van der Waals surface area contributed by atoms with Crippen molar-refractivity contribution in [1.29, 1.82) is 0 Å². The summed E-state index contributed by atoms with van der Waals surface area (Å²) in [6.07, 6.45) is -4.02. The number of hydrogen-bond donors (Lipinski definition) is 1. The Morgan fingerprint density at radius 1 is 1.27 bits per heavy atom. The van der Waals surface area contributed by atoms with Gasteiger partial charge in [0, 0.05) is 18.6 Å². The van der Waals surface area contributed by atoms with Crippen LogP contribution in [-0.2, 0) is 6.18 Å². The quantitative estimate of drug-likeness (QED) is 0.935. The van der Waals surface area contributed by atoms with Crippen LogP contribution >= 0.6 is 0 Å². The molecule has 1 N–H and O–H groups in total. The highest BCUT2D eigenvalue weighted by atomic mass is 19.4. The van der Waals surface area contributed by atoms with Gasteiger partial charge < -0.3 is 5.11 Å². The van der Waals surface area contributed by atoms with E-state index in [9.17, 15) is 13.2 Å². The summed E-state index contributed by atoms with van der Waals surface area (Å²) in [4.78, 5) is 11.3. The van der Waals surface area contributed by atoms with Gasteiger partial charge in [0.1, 0.15) is 11.6 Å². The van der Waals surface area contributed by atoms with E-state index in [0.717, 1.165) is 0 Å². The summed E-state index contributed by atoms with van der Waals surface area (Å²) in [5.41, 5.74) is 0.281. The van der Waals surface area contributed by atoms with Crippen molar-refractivity contribution in [1.82, 2.24) is 24.7 Å². The van der Waals surface area contributed by atoms with Gasteiger partial charge in [0.25, 0.3) is 0 Å². The van der Waals surface area contributed by atoms with Crippen LogP contribution in [0.3, 0.4) is 0 Å². The van der Waals surface area contributed by atoms with E-state index in [4.69, 9.17) is 5.11 Å². The van der Waals surface area contributed by atoms with E-state index in [-0.39, 0.29) is 30.0 Å². The molecule has 118 valence electrons. The molecule has 2 heterocycles. The second-order valence-electron chi connectivity index (χ2n) is 5.38. The summed E-state index contributed by atoms with van der Waals surface area (Å²) in [7, 11) is 0. The summed E-state index contributed by atoms with van der Waals surface area (Å²) in [5.74, 6) is -0.467. The Kier molecular flexibility index (Phi) is 3.39. The van der Waals surface area contributed by atoms with Crippen molar-refractivity contribution in [3.63, 3.8) is 0 Å². The van der Waals surface area contributed by atoms with Gasteiger partial charge in [0.2, 0.25) is 5.82 Å². The first-order chi connectivity index (χ1) is 10.3. The van der Waals surface area contributed by atoms with Crippen molar-refractivity contribution >= 4 is 0 Å². The Hall–Kier alpha value is -2.03. The number of aliphatic hydroxyl groups is 1. The van der Waals surface area contributed by atoms with Gasteiger partial charge in [-0.25, -0.2) is 15.0 Å². The molecule has 1 fully saturated rings. The predicted octanol–water partition coefficient (Wildman–Crippen LogP) is 1.79. The first kappa shape index (κ1) is 14.9. The van der Waals surface area contributed by atoms with Crippen molar-refractivity contribution in [2.24, 2.45) is 5.92 Å². The lowest BCUT2D eigenvalue weighted by Crippen LogP contribution is -2.16. The van der Waals surface area contributed by atoms with Gasteiger partial charge in [-0.15, -0.1) is 5.10 Å². The third-order valence-electron chi connectivity index (χ3n) is 3.61. The highest BCUT2D eigenvalue weighted by Crippen LogP contribution is 2.46. The molecule has 2 aromatic heterocycles. The van der Waals surface area contributed by atoms with Crippen molar-refractivity contribution in [2.45, 2.75) is 32.4 Å². The summed E-state index contributed by atoms with van der Waals surface area (Å²) in [5, 5.41) is 13.2. The number of nitrogens with zero attached hydrogens (tertiary/aromatic N) is 5. The van der Waals surface area contributed by atoms with Gasteiger partial charge in [0.05, 0.1) is 5.69 Å². The minimum Gasteiger partial charge on any atom is -0.396 e. The van der Waals surface area contributed by atoms with Gasteiger partial charge in [-0.05, 0) is 26.2 Å². The Bertz CT molecular complexity index is 712. The topological polar surface area (TPSA) is 76.7 Å².